The lowest BCUT2D eigenvalue weighted by Gasteiger charge is -2.17. The zero-order valence-electron chi connectivity index (χ0n) is 9.12. The van der Waals surface area contributed by atoms with Gasteiger partial charge in [-0.25, -0.2) is 0 Å². The Bertz CT molecular complexity index is 432. The molecule has 0 saturated carbocycles. The van der Waals surface area contributed by atoms with Gasteiger partial charge >= 0.3 is 5.97 Å². The number of benzene rings is 1. The third-order valence-electron chi connectivity index (χ3n) is 2.50. The van der Waals surface area contributed by atoms with Gasteiger partial charge in [-0.2, -0.15) is 0 Å². The summed E-state index contributed by atoms with van der Waals surface area (Å²) in [5.74, 6) is -0.910. The first-order valence-corrected chi connectivity index (χ1v) is 5.59. The molecule has 1 unspecified atom stereocenters. The van der Waals surface area contributed by atoms with Crippen LogP contribution in [0.25, 0.3) is 0 Å². The Morgan fingerprint density at radius 3 is 2.62 bits per heavy atom. The van der Waals surface area contributed by atoms with E-state index in [-0.39, 0.29) is 12.2 Å². The van der Waals surface area contributed by atoms with Gasteiger partial charge in [-0.05, 0) is 25.5 Å². The molecule has 1 aromatic carbocycles. The molecule has 0 radical (unpaired) electrons. The molecular weight excluding hydrogens is 274 g/mol. The van der Waals surface area contributed by atoms with Crippen molar-refractivity contribution in [2.75, 3.05) is 0 Å². The van der Waals surface area contributed by atoms with Crippen LogP contribution in [-0.2, 0) is 4.79 Å². The zero-order valence-corrected chi connectivity index (χ0v) is 10.7. The van der Waals surface area contributed by atoms with Gasteiger partial charge in [-0.3, -0.25) is 4.79 Å². The van der Waals surface area contributed by atoms with E-state index < -0.39 is 12.0 Å². The minimum Gasteiger partial charge on any atom is -0.507 e. The minimum atomic E-state index is -0.980. The summed E-state index contributed by atoms with van der Waals surface area (Å²) >= 11 is 3.31. The van der Waals surface area contributed by atoms with Gasteiger partial charge in [0.2, 0.25) is 0 Å². The van der Waals surface area contributed by atoms with Crippen molar-refractivity contribution in [3.63, 3.8) is 0 Å². The van der Waals surface area contributed by atoms with Gasteiger partial charge in [0.1, 0.15) is 5.75 Å². The molecular formula is C11H14BrNO3. The van der Waals surface area contributed by atoms with Crippen molar-refractivity contribution in [3.8, 4) is 5.75 Å². The molecule has 0 saturated heterocycles. The normalized spacial score (nSPS) is 12.5. The van der Waals surface area contributed by atoms with Crippen molar-refractivity contribution in [2.45, 2.75) is 26.3 Å². The maximum Gasteiger partial charge on any atom is 0.305 e. The van der Waals surface area contributed by atoms with Crippen molar-refractivity contribution in [3.05, 3.63) is 27.2 Å². The summed E-state index contributed by atoms with van der Waals surface area (Å²) in [6, 6.07) is 1.14. The molecule has 1 atom stereocenters. The van der Waals surface area contributed by atoms with Crippen molar-refractivity contribution in [1.82, 2.24) is 0 Å². The van der Waals surface area contributed by atoms with Gasteiger partial charge in [0.05, 0.1) is 6.42 Å². The molecule has 16 heavy (non-hydrogen) atoms. The summed E-state index contributed by atoms with van der Waals surface area (Å²) in [7, 11) is 0. The number of hydrogen-bond acceptors (Lipinski definition) is 3. The van der Waals surface area contributed by atoms with E-state index in [1.165, 1.54) is 0 Å². The van der Waals surface area contributed by atoms with E-state index in [1.54, 1.807) is 13.8 Å². The standard InChI is InChI=1S/C11H14BrNO3/c1-5-3-7(12)6(2)11(16)10(5)8(13)4-9(14)15/h3,8,16H,4,13H2,1-2H3,(H,14,15). The maximum absolute atomic E-state index is 10.6. The number of rotatable bonds is 3. The van der Waals surface area contributed by atoms with Crippen molar-refractivity contribution in [2.24, 2.45) is 5.73 Å². The monoisotopic (exact) mass is 287 g/mol. The molecule has 0 aliphatic heterocycles. The van der Waals surface area contributed by atoms with Crippen molar-refractivity contribution < 1.29 is 15.0 Å². The van der Waals surface area contributed by atoms with Gasteiger partial charge < -0.3 is 15.9 Å². The van der Waals surface area contributed by atoms with Crippen LogP contribution in [0.2, 0.25) is 0 Å². The van der Waals surface area contributed by atoms with Gasteiger partial charge in [0, 0.05) is 21.6 Å². The summed E-state index contributed by atoms with van der Waals surface area (Å²) in [6.45, 7) is 3.54. The fourth-order valence-corrected chi connectivity index (χ4v) is 2.17. The third-order valence-corrected chi connectivity index (χ3v) is 3.33. The molecule has 0 spiro atoms. The molecule has 0 aliphatic carbocycles. The average Bonchev–Trinajstić information content (AvgIpc) is 2.13. The van der Waals surface area contributed by atoms with Crippen LogP contribution in [0.5, 0.6) is 5.75 Å². The van der Waals surface area contributed by atoms with Crippen LogP contribution in [0.4, 0.5) is 0 Å². The molecule has 0 bridgehead atoms. The number of phenolic OH excluding ortho intramolecular Hbond substituents is 1. The van der Waals surface area contributed by atoms with Crippen LogP contribution in [0.3, 0.4) is 0 Å². The SMILES string of the molecule is Cc1cc(Br)c(C)c(O)c1C(N)CC(=O)O. The highest BCUT2D eigenvalue weighted by atomic mass is 79.9. The summed E-state index contributed by atoms with van der Waals surface area (Å²) in [6.07, 6.45) is -0.199. The smallest absolute Gasteiger partial charge is 0.305 e. The van der Waals surface area contributed by atoms with Gasteiger partial charge in [-0.15, -0.1) is 0 Å². The van der Waals surface area contributed by atoms with E-state index in [4.69, 9.17) is 10.8 Å². The van der Waals surface area contributed by atoms with Crippen LogP contribution in [0.15, 0.2) is 10.5 Å². The molecule has 1 aromatic rings. The Hall–Kier alpha value is -1.07. The number of aromatic hydroxyl groups is 1. The predicted molar refractivity (Wildman–Crippen MR) is 64.5 cm³/mol. The number of carboxylic acids is 1. The van der Waals surface area contributed by atoms with E-state index in [0.717, 1.165) is 10.0 Å². The number of aliphatic carboxylic acids is 1. The molecule has 5 heteroatoms. The highest BCUT2D eigenvalue weighted by Gasteiger charge is 2.19. The lowest BCUT2D eigenvalue weighted by molar-refractivity contribution is -0.137. The number of halogens is 1. The summed E-state index contributed by atoms with van der Waals surface area (Å²) in [5, 5.41) is 18.6. The van der Waals surface area contributed by atoms with Crippen LogP contribution in [0, 0.1) is 13.8 Å². The molecule has 0 amide bonds. The Labute approximate surface area is 102 Å². The fraction of sp³-hybridized carbons (Fsp3) is 0.364. The van der Waals surface area contributed by atoms with E-state index in [0.29, 0.717) is 11.1 Å². The fourth-order valence-electron chi connectivity index (χ4n) is 1.64. The lowest BCUT2D eigenvalue weighted by Crippen LogP contribution is -2.16. The number of hydrogen-bond donors (Lipinski definition) is 3. The van der Waals surface area contributed by atoms with Crippen LogP contribution in [-0.4, -0.2) is 16.2 Å². The molecule has 4 N–H and O–H groups in total. The van der Waals surface area contributed by atoms with E-state index >= 15 is 0 Å². The first-order valence-electron chi connectivity index (χ1n) is 4.80. The Balaban J connectivity index is 3.23. The van der Waals surface area contributed by atoms with Crippen LogP contribution < -0.4 is 5.73 Å². The molecule has 0 aliphatic rings. The van der Waals surface area contributed by atoms with Gasteiger partial charge in [0.25, 0.3) is 0 Å². The molecule has 0 fully saturated rings. The minimum absolute atomic E-state index is 0.0700. The molecule has 0 heterocycles. The Morgan fingerprint density at radius 2 is 2.12 bits per heavy atom. The molecule has 88 valence electrons. The zero-order chi connectivity index (χ0) is 12.5. The number of carbonyl (C=O) groups is 1. The Morgan fingerprint density at radius 1 is 1.56 bits per heavy atom. The summed E-state index contributed by atoms with van der Waals surface area (Å²) in [5.41, 5.74) is 7.71. The quantitative estimate of drug-likeness (QED) is 0.796. The summed E-state index contributed by atoms with van der Waals surface area (Å²) in [4.78, 5) is 10.6. The van der Waals surface area contributed by atoms with E-state index in [1.807, 2.05) is 6.07 Å². The van der Waals surface area contributed by atoms with Crippen molar-refractivity contribution in [1.29, 1.82) is 0 Å². The first-order chi connectivity index (χ1) is 7.34. The second-order valence-corrected chi connectivity index (χ2v) is 4.62. The average molecular weight is 288 g/mol. The lowest BCUT2D eigenvalue weighted by atomic mass is 9.96. The Kier molecular flexibility index (Phi) is 3.93. The third kappa shape index (κ3) is 2.54. The number of phenols is 1. The summed E-state index contributed by atoms with van der Waals surface area (Å²) < 4.78 is 0.786. The van der Waals surface area contributed by atoms with E-state index in [9.17, 15) is 9.90 Å². The molecule has 1 rings (SSSR count). The highest BCUT2D eigenvalue weighted by Crippen LogP contribution is 2.35. The molecule has 0 aromatic heterocycles. The van der Waals surface area contributed by atoms with Crippen molar-refractivity contribution >= 4 is 21.9 Å². The number of carboxylic acid groups (broad SMARTS) is 1. The first kappa shape index (κ1) is 13.0. The number of aryl methyl sites for hydroxylation is 1. The van der Waals surface area contributed by atoms with Gasteiger partial charge in [0.15, 0.2) is 0 Å². The highest BCUT2D eigenvalue weighted by molar-refractivity contribution is 9.10. The molecule has 4 nitrogen and oxygen atoms in total. The van der Waals surface area contributed by atoms with Gasteiger partial charge in [-0.1, -0.05) is 15.9 Å². The number of nitrogens with two attached hydrogens (primary N) is 1. The van der Waals surface area contributed by atoms with Crippen LogP contribution >= 0.6 is 15.9 Å². The second-order valence-electron chi connectivity index (χ2n) is 3.77. The topological polar surface area (TPSA) is 83.5 Å². The maximum atomic E-state index is 10.6. The largest absolute Gasteiger partial charge is 0.507 e. The second kappa shape index (κ2) is 4.84. The van der Waals surface area contributed by atoms with E-state index in [2.05, 4.69) is 15.9 Å². The predicted octanol–water partition coefficient (Wildman–Crippen LogP) is 2.25. The van der Waals surface area contributed by atoms with Crippen LogP contribution in [0.1, 0.15) is 29.2 Å².